The lowest BCUT2D eigenvalue weighted by atomic mass is 9.87. The molecule has 3 aromatic rings. The summed E-state index contributed by atoms with van der Waals surface area (Å²) >= 11 is 13.0. The van der Waals surface area contributed by atoms with Crippen molar-refractivity contribution in [3.8, 4) is 5.75 Å². The number of rotatable bonds is 9. The predicted octanol–water partition coefficient (Wildman–Crippen LogP) is 8.20. The lowest BCUT2D eigenvalue weighted by molar-refractivity contribution is -0.131. The molecule has 1 atom stereocenters. The van der Waals surface area contributed by atoms with Gasteiger partial charge >= 0.3 is 5.97 Å². The Morgan fingerprint density at radius 2 is 1.85 bits per heavy atom. The fourth-order valence-electron chi connectivity index (χ4n) is 5.68. The van der Waals surface area contributed by atoms with E-state index < -0.39 is 5.97 Å². The van der Waals surface area contributed by atoms with Crippen LogP contribution in [-0.2, 0) is 11.2 Å². The number of alkyl halides is 1. The molecule has 40 heavy (non-hydrogen) atoms. The van der Waals surface area contributed by atoms with Crippen LogP contribution >= 0.6 is 23.2 Å². The number of carboxylic acids is 1. The van der Waals surface area contributed by atoms with Gasteiger partial charge in [-0.2, -0.15) is 0 Å². The fraction of sp³-hybridized carbons (Fsp3) is 0.303. The Morgan fingerprint density at radius 1 is 1.05 bits per heavy atom. The van der Waals surface area contributed by atoms with E-state index in [1.165, 1.54) is 5.56 Å². The zero-order chi connectivity index (χ0) is 28.1. The molecule has 0 spiro atoms. The Labute approximate surface area is 244 Å². The second-order valence-electron chi connectivity index (χ2n) is 10.3. The average Bonchev–Trinajstić information content (AvgIpc) is 3.30. The standard InChI is InChI=1S/C33H32Cl2FNO3/c34-25-9-13-29(31(35)20-25)30-4-1-3-24-19-22(6-14-32(38)39)5-12-28(24)33(30)23-7-10-26(11-8-23)40-27-15-18-37(21-27)17-2-16-36/h5-14,19-20,27H,1-4,15-18,21H2,(H,38,39)/b14-6+. The third kappa shape index (κ3) is 6.77. The van der Waals surface area contributed by atoms with Gasteiger partial charge in [0.2, 0.25) is 0 Å². The summed E-state index contributed by atoms with van der Waals surface area (Å²) in [7, 11) is 0. The highest BCUT2D eigenvalue weighted by molar-refractivity contribution is 6.36. The largest absolute Gasteiger partial charge is 0.489 e. The van der Waals surface area contributed by atoms with E-state index >= 15 is 0 Å². The number of ether oxygens (including phenoxy) is 1. The number of carbonyl (C=O) groups is 1. The van der Waals surface area contributed by atoms with Crippen LogP contribution in [0.5, 0.6) is 5.75 Å². The summed E-state index contributed by atoms with van der Waals surface area (Å²) < 4.78 is 18.8. The number of carboxylic acid groups (broad SMARTS) is 1. The van der Waals surface area contributed by atoms with Gasteiger partial charge in [0, 0.05) is 35.8 Å². The number of nitrogens with zero attached hydrogens (tertiary/aromatic N) is 1. The molecular weight excluding hydrogens is 548 g/mol. The second-order valence-corrected chi connectivity index (χ2v) is 11.2. The third-order valence-electron chi connectivity index (χ3n) is 7.53. The molecule has 1 aliphatic carbocycles. The van der Waals surface area contributed by atoms with Crippen molar-refractivity contribution >= 4 is 46.4 Å². The van der Waals surface area contributed by atoms with Gasteiger partial charge in [-0.05, 0) is 101 Å². The van der Waals surface area contributed by atoms with Gasteiger partial charge in [0.15, 0.2) is 0 Å². The van der Waals surface area contributed by atoms with E-state index in [-0.39, 0.29) is 12.8 Å². The van der Waals surface area contributed by atoms with E-state index in [4.69, 9.17) is 33.0 Å². The van der Waals surface area contributed by atoms with Crippen LogP contribution in [0.4, 0.5) is 4.39 Å². The van der Waals surface area contributed by atoms with Gasteiger partial charge in [-0.15, -0.1) is 0 Å². The summed E-state index contributed by atoms with van der Waals surface area (Å²) in [5, 5.41) is 10.3. The van der Waals surface area contributed by atoms with E-state index in [0.717, 1.165) is 90.5 Å². The first-order chi connectivity index (χ1) is 19.4. The Bertz CT molecular complexity index is 1430. The number of likely N-dealkylation sites (tertiary alicyclic amines) is 1. The number of aryl methyl sites for hydroxylation is 1. The molecule has 1 aliphatic heterocycles. The molecule has 2 aliphatic rings. The van der Waals surface area contributed by atoms with E-state index in [1.807, 2.05) is 30.3 Å². The summed E-state index contributed by atoms with van der Waals surface area (Å²) in [6.07, 6.45) is 7.02. The quantitative estimate of drug-likeness (QED) is 0.259. The van der Waals surface area contributed by atoms with E-state index in [9.17, 15) is 9.18 Å². The van der Waals surface area contributed by atoms with E-state index in [0.29, 0.717) is 16.5 Å². The highest BCUT2D eigenvalue weighted by Crippen LogP contribution is 2.42. The molecule has 0 aromatic heterocycles. The Hall–Kier alpha value is -3.12. The summed E-state index contributed by atoms with van der Waals surface area (Å²) in [6.45, 7) is 2.23. The minimum Gasteiger partial charge on any atom is -0.489 e. The average molecular weight is 581 g/mol. The van der Waals surface area contributed by atoms with Crippen molar-refractivity contribution in [2.24, 2.45) is 0 Å². The number of allylic oxidation sites excluding steroid dienone is 1. The SMILES string of the molecule is O=C(O)/C=C/c1ccc2c(c1)CCCC(c1ccc(Cl)cc1Cl)=C2c1ccc(OC2CCN(CCCF)C2)cc1. The van der Waals surface area contributed by atoms with Crippen LogP contribution in [0.1, 0.15) is 53.5 Å². The lowest BCUT2D eigenvalue weighted by Gasteiger charge is -2.19. The monoisotopic (exact) mass is 579 g/mol. The maximum absolute atomic E-state index is 12.6. The molecule has 0 bridgehead atoms. The van der Waals surface area contributed by atoms with Gasteiger partial charge in [-0.1, -0.05) is 59.6 Å². The smallest absolute Gasteiger partial charge is 0.328 e. The van der Waals surface area contributed by atoms with Crippen LogP contribution in [0.15, 0.2) is 66.7 Å². The minimum absolute atomic E-state index is 0.101. The van der Waals surface area contributed by atoms with Crippen LogP contribution in [0.3, 0.4) is 0 Å². The Morgan fingerprint density at radius 3 is 2.60 bits per heavy atom. The lowest BCUT2D eigenvalue weighted by Crippen LogP contribution is -2.26. The van der Waals surface area contributed by atoms with Crippen LogP contribution < -0.4 is 4.74 Å². The Balaban J connectivity index is 1.51. The van der Waals surface area contributed by atoms with E-state index in [2.05, 4.69) is 29.2 Å². The summed E-state index contributed by atoms with van der Waals surface area (Å²) in [4.78, 5) is 13.3. The molecule has 5 rings (SSSR count). The molecule has 0 amide bonds. The van der Waals surface area contributed by atoms with Crippen LogP contribution in [0.2, 0.25) is 10.0 Å². The number of aliphatic carboxylic acids is 1. The fourth-order valence-corrected chi connectivity index (χ4v) is 6.21. The molecule has 1 heterocycles. The van der Waals surface area contributed by atoms with Crippen molar-refractivity contribution in [1.82, 2.24) is 4.90 Å². The summed E-state index contributed by atoms with van der Waals surface area (Å²) in [5.41, 5.74) is 7.41. The van der Waals surface area contributed by atoms with Crippen LogP contribution in [-0.4, -0.2) is 48.4 Å². The highest BCUT2D eigenvalue weighted by atomic mass is 35.5. The van der Waals surface area contributed by atoms with Gasteiger partial charge in [-0.3, -0.25) is 9.29 Å². The van der Waals surface area contributed by atoms with Gasteiger partial charge in [0.25, 0.3) is 0 Å². The first kappa shape index (κ1) is 28.4. The molecular formula is C33H32Cl2FNO3. The number of benzene rings is 3. The zero-order valence-electron chi connectivity index (χ0n) is 22.2. The third-order valence-corrected chi connectivity index (χ3v) is 8.08. The van der Waals surface area contributed by atoms with Crippen LogP contribution in [0, 0.1) is 0 Å². The molecule has 0 saturated carbocycles. The van der Waals surface area contributed by atoms with Gasteiger partial charge in [-0.25, -0.2) is 4.79 Å². The van der Waals surface area contributed by atoms with Crippen molar-refractivity contribution in [2.45, 2.75) is 38.2 Å². The number of hydrogen-bond donors (Lipinski definition) is 1. The first-order valence-corrected chi connectivity index (χ1v) is 14.4. The molecule has 1 fully saturated rings. The van der Waals surface area contributed by atoms with Gasteiger partial charge < -0.3 is 9.84 Å². The van der Waals surface area contributed by atoms with Crippen molar-refractivity contribution in [2.75, 3.05) is 26.3 Å². The number of hydrogen-bond acceptors (Lipinski definition) is 3. The highest BCUT2D eigenvalue weighted by Gasteiger charge is 2.25. The molecule has 0 radical (unpaired) electrons. The number of halogens is 3. The van der Waals surface area contributed by atoms with Crippen molar-refractivity contribution in [3.63, 3.8) is 0 Å². The molecule has 7 heteroatoms. The first-order valence-electron chi connectivity index (χ1n) is 13.7. The maximum atomic E-state index is 12.6. The predicted molar refractivity (Wildman–Crippen MR) is 161 cm³/mol. The molecule has 3 aromatic carbocycles. The molecule has 1 saturated heterocycles. The molecule has 1 unspecified atom stereocenters. The summed E-state index contributed by atoms with van der Waals surface area (Å²) in [6, 6.07) is 20.0. The van der Waals surface area contributed by atoms with Crippen molar-refractivity contribution < 1.29 is 19.0 Å². The summed E-state index contributed by atoms with van der Waals surface area (Å²) in [5.74, 6) is -0.154. The van der Waals surface area contributed by atoms with Gasteiger partial charge in [0.05, 0.1) is 6.67 Å². The van der Waals surface area contributed by atoms with E-state index in [1.54, 1.807) is 12.1 Å². The van der Waals surface area contributed by atoms with Crippen molar-refractivity contribution in [1.29, 1.82) is 0 Å². The van der Waals surface area contributed by atoms with Gasteiger partial charge in [0.1, 0.15) is 11.9 Å². The topological polar surface area (TPSA) is 49.8 Å². The zero-order valence-corrected chi connectivity index (χ0v) is 23.7. The van der Waals surface area contributed by atoms with Crippen LogP contribution in [0.25, 0.3) is 17.2 Å². The normalized spacial score (nSPS) is 17.7. The maximum Gasteiger partial charge on any atom is 0.328 e. The second kappa shape index (κ2) is 13.0. The molecule has 4 nitrogen and oxygen atoms in total. The molecule has 1 N–H and O–H groups in total. The Kier molecular flexibility index (Phi) is 9.25. The van der Waals surface area contributed by atoms with Crippen molar-refractivity contribution in [3.05, 3.63) is 105 Å². The number of fused-ring (bicyclic) bond motifs is 1. The minimum atomic E-state index is -0.970. The molecule has 208 valence electrons.